The average molecular weight is 613 g/mol. The summed E-state index contributed by atoms with van der Waals surface area (Å²) in [7, 11) is 0. The molecule has 0 saturated heterocycles. The highest BCUT2D eigenvalue weighted by Crippen LogP contribution is 2.62. The SMILES string of the molecule is c1ccc(-c2cc(-c3cccc4ccccc34)nc(-c3ccc4c(c3)C3(c5ccccc5O4)c4ccccc4-c4ccccc43)n2)cc1. The third-order valence-corrected chi connectivity index (χ3v) is 9.97. The molecule has 1 spiro atoms. The molecule has 224 valence electrons. The minimum absolute atomic E-state index is 0.553. The van der Waals surface area contributed by atoms with Crippen LogP contribution in [0.25, 0.3) is 55.8 Å². The first-order chi connectivity index (χ1) is 23.8. The van der Waals surface area contributed by atoms with E-state index in [1.165, 1.54) is 27.6 Å². The number of benzene rings is 7. The van der Waals surface area contributed by atoms with E-state index in [0.717, 1.165) is 56.1 Å². The van der Waals surface area contributed by atoms with E-state index in [1.807, 2.05) is 6.07 Å². The van der Waals surface area contributed by atoms with Gasteiger partial charge in [-0.2, -0.15) is 0 Å². The van der Waals surface area contributed by atoms with E-state index in [-0.39, 0.29) is 0 Å². The van der Waals surface area contributed by atoms with Crippen LogP contribution in [-0.4, -0.2) is 9.97 Å². The summed E-state index contributed by atoms with van der Waals surface area (Å²) in [6, 6.07) is 59.9. The Morgan fingerprint density at radius 2 is 1.00 bits per heavy atom. The Hall–Kier alpha value is -6.32. The molecule has 2 heterocycles. The Morgan fingerprint density at radius 1 is 0.396 bits per heavy atom. The van der Waals surface area contributed by atoms with Crippen molar-refractivity contribution in [1.82, 2.24) is 9.97 Å². The third-order valence-electron chi connectivity index (χ3n) is 9.97. The van der Waals surface area contributed by atoms with Gasteiger partial charge in [-0.05, 0) is 63.4 Å². The molecule has 0 amide bonds. The fourth-order valence-corrected chi connectivity index (χ4v) is 7.92. The zero-order valence-corrected chi connectivity index (χ0v) is 26.0. The molecule has 48 heavy (non-hydrogen) atoms. The maximum absolute atomic E-state index is 6.68. The molecule has 7 aromatic carbocycles. The summed E-state index contributed by atoms with van der Waals surface area (Å²) in [5.41, 5.74) is 11.6. The van der Waals surface area contributed by atoms with Crippen molar-refractivity contribution < 1.29 is 4.74 Å². The van der Waals surface area contributed by atoms with Crippen LogP contribution in [0.15, 0.2) is 170 Å². The van der Waals surface area contributed by atoms with Gasteiger partial charge in [-0.15, -0.1) is 0 Å². The lowest BCUT2D eigenvalue weighted by Gasteiger charge is -2.39. The maximum atomic E-state index is 6.68. The van der Waals surface area contributed by atoms with Gasteiger partial charge in [0.25, 0.3) is 0 Å². The van der Waals surface area contributed by atoms with Gasteiger partial charge in [0.15, 0.2) is 5.82 Å². The van der Waals surface area contributed by atoms with E-state index in [1.54, 1.807) is 0 Å². The Morgan fingerprint density at radius 3 is 1.81 bits per heavy atom. The second-order valence-corrected chi connectivity index (χ2v) is 12.5. The molecular formula is C45H28N2O. The first kappa shape index (κ1) is 26.9. The Balaban J connectivity index is 1.25. The van der Waals surface area contributed by atoms with Crippen molar-refractivity contribution >= 4 is 10.8 Å². The van der Waals surface area contributed by atoms with E-state index in [2.05, 4.69) is 164 Å². The molecule has 0 N–H and O–H groups in total. The lowest BCUT2D eigenvalue weighted by atomic mass is 9.66. The van der Waals surface area contributed by atoms with Crippen LogP contribution < -0.4 is 4.74 Å². The van der Waals surface area contributed by atoms with Gasteiger partial charge in [0.05, 0.1) is 16.8 Å². The fraction of sp³-hybridized carbons (Fsp3) is 0.0222. The van der Waals surface area contributed by atoms with Crippen LogP contribution in [0.5, 0.6) is 11.5 Å². The van der Waals surface area contributed by atoms with Gasteiger partial charge in [-0.3, -0.25) is 0 Å². The van der Waals surface area contributed by atoms with Crippen LogP contribution in [0.2, 0.25) is 0 Å². The molecule has 3 heteroatoms. The molecular weight excluding hydrogens is 585 g/mol. The number of para-hydroxylation sites is 1. The molecule has 0 fully saturated rings. The van der Waals surface area contributed by atoms with Crippen LogP contribution in [0.1, 0.15) is 22.3 Å². The lowest BCUT2D eigenvalue weighted by Crippen LogP contribution is -2.32. The normalized spacial score (nSPS) is 13.3. The van der Waals surface area contributed by atoms with Crippen molar-refractivity contribution in [2.75, 3.05) is 0 Å². The Bertz CT molecular complexity index is 2500. The summed E-state index contributed by atoms with van der Waals surface area (Å²) >= 11 is 0. The van der Waals surface area contributed by atoms with Crippen LogP contribution in [0, 0.1) is 0 Å². The number of fused-ring (bicyclic) bond motifs is 10. The molecule has 3 nitrogen and oxygen atoms in total. The van der Waals surface area contributed by atoms with Gasteiger partial charge < -0.3 is 4.74 Å². The van der Waals surface area contributed by atoms with E-state index in [0.29, 0.717) is 5.82 Å². The predicted octanol–water partition coefficient (Wildman–Crippen LogP) is 11.1. The summed E-state index contributed by atoms with van der Waals surface area (Å²) in [5.74, 6) is 2.40. The summed E-state index contributed by atoms with van der Waals surface area (Å²) < 4.78 is 6.68. The summed E-state index contributed by atoms with van der Waals surface area (Å²) in [6.45, 7) is 0. The molecule has 8 aromatic rings. The lowest BCUT2D eigenvalue weighted by molar-refractivity contribution is 0.436. The molecule has 0 radical (unpaired) electrons. The van der Waals surface area contributed by atoms with Crippen molar-refractivity contribution in [3.63, 3.8) is 0 Å². The molecule has 0 atom stereocenters. The molecule has 1 aromatic heterocycles. The summed E-state index contributed by atoms with van der Waals surface area (Å²) in [5, 5.41) is 2.35. The van der Waals surface area contributed by atoms with Crippen molar-refractivity contribution in [3.8, 4) is 56.5 Å². The zero-order valence-electron chi connectivity index (χ0n) is 26.0. The summed E-state index contributed by atoms with van der Waals surface area (Å²) in [4.78, 5) is 10.5. The quantitative estimate of drug-likeness (QED) is 0.199. The molecule has 0 unspecified atom stereocenters. The average Bonchev–Trinajstić information content (AvgIpc) is 3.45. The number of aromatic nitrogens is 2. The van der Waals surface area contributed by atoms with Gasteiger partial charge in [-0.25, -0.2) is 9.97 Å². The van der Waals surface area contributed by atoms with Gasteiger partial charge >= 0.3 is 0 Å². The number of nitrogens with zero attached hydrogens (tertiary/aromatic N) is 2. The predicted molar refractivity (Wildman–Crippen MR) is 193 cm³/mol. The van der Waals surface area contributed by atoms with Gasteiger partial charge in [0.2, 0.25) is 0 Å². The minimum Gasteiger partial charge on any atom is -0.457 e. The van der Waals surface area contributed by atoms with Gasteiger partial charge in [-0.1, -0.05) is 140 Å². The number of ether oxygens (including phenoxy) is 1. The van der Waals surface area contributed by atoms with Crippen molar-refractivity contribution in [2.24, 2.45) is 0 Å². The highest BCUT2D eigenvalue weighted by Gasteiger charge is 2.51. The highest BCUT2D eigenvalue weighted by molar-refractivity contribution is 5.96. The number of hydrogen-bond acceptors (Lipinski definition) is 3. The molecule has 10 rings (SSSR count). The summed E-state index contributed by atoms with van der Waals surface area (Å²) in [6.07, 6.45) is 0. The molecule has 2 aliphatic rings. The van der Waals surface area contributed by atoms with Crippen LogP contribution >= 0.6 is 0 Å². The van der Waals surface area contributed by atoms with Crippen molar-refractivity contribution in [2.45, 2.75) is 5.41 Å². The monoisotopic (exact) mass is 612 g/mol. The molecule has 1 aliphatic carbocycles. The fourth-order valence-electron chi connectivity index (χ4n) is 7.92. The minimum atomic E-state index is -0.553. The first-order valence-electron chi connectivity index (χ1n) is 16.3. The van der Waals surface area contributed by atoms with Crippen molar-refractivity contribution in [3.05, 3.63) is 192 Å². The van der Waals surface area contributed by atoms with E-state index < -0.39 is 5.41 Å². The standard InChI is InChI=1S/C45H28N2O/c1-2-14-30(15-3-1)40-28-41(35-20-12-16-29-13-4-5-17-32(29)35)47-44(46-40)31-25-26-43-39(27-31)45(38-23-10-11-24-42(38)48-43)36-21-8-6-18-33(36)34-19-7-9-22-37(34)45/h1-28H. The van der Waals surface area contributed by atoms with Crippen LogP contribution in [-0.2, 0) is 5.41 Å². The second kappa shape index (κ2) is 10.3. The van der Waals surface area contributed by atoms with E-state index in [9.17, 15) is 0 Å². The second-order valence-electron chi connectivity index (χ2n) is 12.5. The van der Waals surface area contributed by atoms with Gasteiger partial charge in [0, 0.05) is 27.8 Å². The third kappa shape index (κ3) is 3.82. The van der Waals surface area contributed by atoms with Crippen LogP contribution in [0.4, 0.5) is 0 Å². The topological polar surface area (TPSA) is 35.0 Å². The smallest absolute Gasteiger partial charge is 0.160 e. The number of hydrogen-bond donors (Lipinski definition) is 0. The maximum Gasteiger partial charge on any atom is 0.160 e. The van der Waals surface area contributed by atoms with Gasteiger partial charge in [0.1, 0.15) is 11.5 Å². The molecule has 0 saturated carbocycles. The molecule has 1 aliphatic heterocycles. The molecule has 0 bridgehead atoms. The number of rotatable bonds is 3. The largest absolute Gasteiger partial charge is 0.457 e. The van der Waals surface area contributed by atoms with Crippen LogP contribution in [0.3, 0.4) is 0 Å². The van der Waals surface area contributed by atoms with E-state index >= 15 is 0 Å². The first-order valence-corrected chi connectivity index (χ1v) is 16.3. The van der Waals surface area contributed by atoms with E-state index in [4.69, 9.17) is 14.7 Å². The highest BCUT2D eigenvalue weighted by atomic mass is 16.5. The van der Waals surface area contributed by atoms with Crippen molar-refractivity contribution in [1.29, 1.82) is 0 Å². The Labute approximate surface area is 278 Å². The Kier molecular flexibility index (Phi) is 5.79. The zero-order chi connectivity index (χ0) is 31.7.